The summed E-state index contributed by atoms with van der Waals surface area (Å²) in [4.78, 5) is 29.3. The summed E-state index contributed by atoms with van der Waals surface area (Å²) in [5.74, 6) is 1.30. The van der Waals surface area contributed by atoms with Gasteiger partial charge in [-0.15, -0.1) is 0 Å². The number of carbonyl (C=O) groups is 2. The van der Waals surface area contributed by atoms with Crippen LogP contribution in [0.5, 0.6) is 0 Å². The van der Waals surface area contributed by atoms with Crippen molar-refractivity contribution in [3.05, 3.63) is 35.9 Å². The number of benzene rings is 1. The number of nitrogens with zero attached hydrogens (tertiary/aromatic N) is 2. The third-order valence-electron chi connectivity index (χ3n) is 6.07. The van der Waals surface area contributed by atoms with E-state index in [0.29, 0.717) is 11.8 Å². The van der Waals surface area contributed by atoms with Crippen LogP contribution in [-0.4, -0.2) is 47.8 Å². The van der Waals surface area contributed by atoms with Crippen LogP contribution in [0.2, 0.25) is 0 Å². The zero-order valence-corrected chi connectivity index (χ0v) is 17.1. The van der Waals surface area contributed by atoms with E-state index in [1.807, 2.05) is 25.7 Å². The van der Waals surface area contributed by atoms with Gasteiger partial charge in [0.25, 0.3) is 0 Å². The Morgan fingerprint density at radius 2 is 1.44 bits per heavy atom. The standard InChI is InChI=1S/C23H34N2O2/c1-23(2,3)22(27)25-15-11-20(12-16-25)21(26)24-13-9-19(10-14-24)17-18-7-5-4-6-8-18/h4-8,19-20H,9-17H2,1-3H3. The van der Waals surface area contributed by atoms with Crippen molar-refractivity contribution in [2.75, 3.05) is 26.2 Å². The van der Waals surface area contributed by atoms with Crippen molar-refractivity contribution in [3.63, 3.8) is 0 Å². The van der Waals surface area contributed by atoms with Crippen LogP contribution in [0.4, 0.5) is 0 Å². The molecule has 3 rings (SSSR count). The monoisotopic (exact) mass is 370 g/mol. The highest BCUT2D eigenvalue weighted by atomic mass is 16.2. The van der Waals surface area contributed by atoms with Crippen LogP contribution in [0.3, 0.4) is 0 Å². The molecule has 0 aromatic heterocycles. The van der Waals surface area contributed by atoms with E-state index in [1.54, 1.807) is 0 Å². The summed E-state index contributed by atoms with van der Waals surface area (Å²) in [6.07, 6.45) is 4.94. The second-order valence-electron chi connectivity index (χ2n) is 9.27. The molecule has 27 heavy (non-hydrogen) atoms. The molecule has 0 aliphatic carbocycles. The fourth-order valence-electron chi connectivity index (χ4n) is 4.37. The number of carbonyl (C=O) groups excluding carboxylic acids is 2. The molecule has 0 saturated carbocycles. The second kappa shape index (κ2) is 8.45. The van der Waals surface area contributed by atoms with Crippen LogP contribution in [-0.2, 0) is 16.0 Å². The number of amides is 2. The average Bonchev–Trinajstić information content (AvgIpc) is 2.68. The van der Waals surface area contributed by atoms with E-state index in [-0.39, 0.29) is 17.2 Å². The lowest BCUT2D eigenvalue weighted by Gasteiger charge is -2.38. The minimum atomic E-state index is -0.336. The van der Waals surface area contributed by atoms with Crippen molar-refractivity contribution < 1.29 is 9.59 Å². The predicted molar refractivity (Wildman–Crippen MR) is 108 cm³/mol. The van der Waals surface area contributed by atoms with Crippen LogP contribution in [0.25, 0.3) is 0 Å². The van der Waals surface area contributed by atoms with E-state index in [0.717, 1.165) is 58.3 Å². The summed E-state index contributed by atoms with van der Waals surface area (Å²) in [6, 6.07) is 10.7. The summed E-state index contributed by atoms with van der Waals surface area (Å²) in [7, 11) is 0. The molecule has 0 bridgehead atoms. The molecule has 148 valence electrons. The van der Waals surface area contributed by atoms with Crippen molar-refractivity contribution >= 4 is 11.8 Å². The smallest absolute Gasteiger partial charge is 0.227 e. The molecule has 0 unspecified atom stereocenters. The van der Waals surface area contributed by atoms with Gasteiger partial charge in [-0.05, 0) is 43.6 Å². The van der Waals surface area contributed by atoms with Gasteiger partial charge >= 0.3 is 0 Å². The Hall–Kier alpha value is -1.84. The normalized spacial score (nSPS) is 20.0. The van der Waals surface area contributed by atoms with Crippen LogP contribution in [0, 0.1) is 17.3 Å². The van der Waals surface area contributed by atoms with Gasteiger partial charge in [-0.1, -0.05) is 51.1 Å². The first-order valence-electron chi connectivity index (χ1n) is 10.5. The average molecular weight is 371 g/mol. The van der Waals surface area contributed by atoms with E-state index in [4.69, 9.17) is 0 Å². The van der Waals surface area contributed by atoms with Gasteiger partial charge in [-0.25, -0.2) is 0 Å². The minimum absolute atomic E-state index is 0.0969. The number of piperidine rings is 2. The maximum absolute atomic E-state index is 12.9. The SMILES string of the molecule is CC(C)(C)C(=O)N1CCC(C(=O)N2CCC(Cc3ccccc3)CC2)CC1. The van der Waals surface area contributed by atoms with Gasteiger partial charge in [0.2, 0.25) is 11.8 Å². The molecule has 1 aromatic rings. The van der Waals surface area contributed by atoms with E-state index in [9.17, 15) is 9.59 Å². The maximum atomic E-state index is 12.9. The number of hydrogen-bond donors (Lipinski definition) is 0. The molecule has 0 radical (unpaired) electrons. The van der Waals surface area contributed by atoms with Gasteiger partial charge in [-0.2, -0.15) is 0 Å². The predicted octanol–water partition coefficient (Wildman–Crippen LogP) is 3.75. The molecule has 2 amide bonds. The third-order valence-corrected chi connectivity index (χ3v) is 6.07. The largest absolute Gasteiger partial charge is 0.342 e. The Labute approximate surface area is 163 Å². The highest BCUT2D eigenvalue weighted by Crippen LogP contribution is 2.27. The maximum Gasteiger partial charge on any atom is 0.227 e. The van der Waals surface area contributed by atoms with Crippen molar-refractivity contribution in [1.82, 2.24) is 9.80 Å². The van der Waals surface area contributed by atoms with Crippen LogP contribution in [0.1, 0.15) is 52.0 Å². The molecule has 2 aliphatic rings. The second-order valence-corrected chi connectivity index (χ2v) is 9.27. The Morgan fingerprint density at radius 3 is 2.00 bits per heavy atom. The van der Waals surface area contributed by atoms with E-state index in [2.05, 4.69) is 35.2 Å². The van der Waals surface area contributed by atoms with Gasteiger partial charge in [0.05, 0.1) is 0 Å². The quantitative estimate of drug-likeness (QED) is 0.813. The van der Waals surface area contributed by atoms with Gasteiger partial charge < -0.3 is 9.80 Å². The first kappa shape index (κ1) is 19.9. The van der Waals surface area contributed by atoms with E-state index >= 15 is 0 Å². The Morgan fingerprint density at radius 1 is 0.889 bits per heavy atom. The van der Waals surface area contributed by atoms with Crippen LogP contribution in [0.15, 0.2) is 30.3 Å². The van der Waals surface area contributed by atoms with Crippen molar-refractivity contribution in [2.24, 2.45) is 17.3 Å². The van der Waals surface area contributed by atoms with Gasteiger partial charge in [-0.3, -0.25) is 9.59 Å². The Bertz CT molecular complexity index is 634. The van der Waals surface area contributed by atoms with Crippen LogP contribution < -0.4 is 0 Å². The minimum Gasteiger partial charge on any atom is -0.342 e. The lowest BCUT2D eigenvalue weighted by Crippen LogP contribution is -2.48. The zero-order valence-electron chi connectivity index (χ0n) is 17.1. The molecule has 0 atom stereocenters. The van der Waals surface area contributed by atoms with Gasteiger partial charge in [0, 0.05) is 37.5 Å². The molecule has 2 heterocycles. The Kier molecular flexibility index (Phi) is 6.23. The molecule has 4 nitrogen and oxygen atoms in total. The number of likely N-dealkylation sites (tertiary alicyclic amines) is 2. The number of hydrogen-bond acceptors (Lipinski definition) is 2. The molecular formula is C23H34N2O2. The fraction of sp³-hybridized carbons (Fsp3) is 0.652. The molecule has 2 fully saturated rings. The van der Waals surface area contributed by atoms with E-state index < -0.39 is 0 Å². The van der Waals surface area contributed by atoms with Gasteiger partial charge in [0.1, 0.15) is 0 Å². The van der Waals surface area contributed by atoms with Gasteiger partial charge in [0.15, 0.2) is 0 Å². The summed E-state index contributed by atoms with van der Waals surface area (Å²) in [6.45, 7) is 9.10. The van der Waals surface area contributed by atoms with Crippen molar-refractivity contribution in [3.8, 4) is 0 Å². The summed E-state index contributed by atoms with van der Waals surface area (Å²) < 4.78 is 0. The van der Waals surface area contributed by atoms with Crippen molar-refractivity contribution in [1.29, 1.82) is 0 Å². The molecule has 1 aromatic carbocycles. The fourth-order valence-corrected chi connectivity index (χ4v) is 4.37. The molecule has 4 heteroatoms. The van der Waals surface area contributed by atoms with Crippen molar-refractivity contribution in [2.45, 2.75) is 52.9 Å². The highest BCUT2D eigenvalue weighted by molar-refractivity contribution is 5.82. The topological polar surface area (TPSA) is 40.6 Å². The molecule has 2 saturated heterocycles. The van der Waals surface area contributed by atoms with E-state index in [1.165, 1.54) is 5.56 Å². The molecule has 2 aliphatic heterocycles. The number of rotatable bonds is 3. The summed E-state index contributed by atoms with van der Waals surface area (Å²) >= 11 is 0. The molecule has 0 spiro atoms. The summed E-state index contributed by atoms with van der Waals surface area (Å²) in [5, 5.41) is 0. The third kappa shape index (κ3) is 5.12. The first-order valence-corrected chi connectivity index (χ1v) is 10.5. The summed E-state index contributed by atoms with van der Waals surface area (Å²) in [5.41, 5.74) is 1.07. The zero-order chi connectivity index (χ0) is 19.4. The Balaban J connectivity index is 1.44. The first-order chi connectivity index (χ1) is 12.8. The lowest BCUT2D eigenvalue weighted by molar-refractivity contribution is -0.145. The van der Waals surface area contributed by atoms with Crippen LogP contribution >= 0.6 is 0 Å². The lowest BCUT2D eigenvalue weighted by atomic mass is 9.88. The molecule has 0 N–H and O–H groups in total. The molecular weight excluding hydrogens is 336 g/mol. The highest BCUT2D eigenvalue weighted by Gasteiger charge is 2.34.